The molecule has 12 nitrogen and oxygen atoms in total. The van der Waals surface area contributed by atoms with Crippen LogP contribution in [0.2, 0.25) is 0 Å². The largest absolute Gasteiger partial charge is 0.506 e. The molecule has 3 aromatic rings. The van der Waals surface area contributed by atoms with Crippen LogP contribution in [0.15, 0.2) is 60.7 Å². The molecule has 0 saturated carbocycles. The molecule has 210 valence electrons. The number of nitrogens with one attached hydrogen (secondary N) is 2. The van der Waals surface area contributed by atoms with Gasteiger partial charge in [0, 0.05) is 19.5 Å². The van der Waals surface area contributed by atoms with Crippen LogP contribution >= 0.6 is 0 Å². The van der Waals surface area contributed by atoms with Gasteiger partial charge in [0.15, 0.2) is 0 Å². The van der Waals surface area contributed by atoms with E-state index < -0.39 is 12.0 Å². The Kier molecular flexibility index (Phi) is 8.60. The highest BCUT2D eigenvalue weighted by molar-refractivity contribution is 6.02. The zero-order valence-corrected chi connectivity index (χ0v) is 22.1. The number of nitrogens with zero attached hydrogens (tertiary/aromatic N) is 2. The quantitative estimate of drug-likeness (QED) is 0.195. The van der Waals surface area contributed by atoms with Crippen molar-refractivity contribution < 1.29 is 34.1 Å². The molecule has 1 unspecified atom stereocenters. The number of phenols is 1. The molecule has 1 heterocycles. The lowest BCUT2D eigenvalue weighted by Gasteiger charge is -2.35. The minimum atomic E-state index is -1.08. The fourth-order valence-electron chi connectivity index (χ4n) is 4.53. The number of hydrogen-bond donors (Lipinski definition) is 5. The van der Waals surface area contributed by atoms with E-state index in [0.717, 1.165) is 12.8 Å². The van der Waals surface area contributed by atoms with Crippen molar-refractivity contribution in [2.24, 2.45) is 0 Å². The number of carboxylic acid groups (broad SMARTS) is 1. The van der Waals surface area contributed by atoms with Gasteiger partial charge in [-0.25, -0.2) is 19.6 Å². The van der Waals surface area contributed by atoms with Gasteiger partial charge in [-0.1, -0.05) is 12.1 Å². The van der Waals surface area contributed by atoms with Crippen molar-refractivity contribution in [1.29, 1.82) is 0 Å². The Balaban J connectivity index is 1.49. The van der Waals surface area contributed by atoms with Gasteiger partial charge in [0.2, 0.25) is 5.91 Å². The Morgan fingerprint density at radius 3 is 2.48 bits per heavy atom. The highest BCUT2D eigenvalue weighted by Crippen LogP contribution is 2.34. The van der Waals surface area contributed by atoms with Crippen molar-refractivity contribution in [3.63, 3.8) is 0 Å². The van der Waals surface area contributed by atoms with Gasteiger partial charge in [-0.15, -0.1) is 0 Å². The summed E-state index contributed by atoms with van der Waals surface area (Å²) in [7, 11) is 1.45. The second-order valence-electron chi connectivity index (χ2n) is 9.14. The molecule has 1 aliphatic heterocycles. The van der Waals surface area contributed by atoms with E-state index in [9.17, 15) is 19.5 Å². The third-order valence-corrected chi connectivity index (χ3v) is 6.42. The number of aromatic carboxylic acids is 1. The molecule has 1 fully saturated rings. The third-order valence-electron chi connectivity index (χ3n) is 6.42. The molecule has 1 saturated heterocycles. The number of carboxylic acids is 1. The average molecular weight is 550 g/mol. The predicted molar refractivity (Wildman–Crippen MR) is 150 cm³/mol. The first-order valence-electron chi connectivity index (χ1n) is 12.5. The van der Waals surface area contributed by atoms with E-state index in [1.165, 1.54) is 38.3 Å². The Labute approximate surface area is 230 Å². The molecule has 0 spiro atoms. The first-order chi connectivity index (χ1) is 19.2. The molecule has 4 rings (SSSR count). The summed E-state index contributed by atoms with van der Waals surface area (Å²) in [4.78, 5) is 36.5. The van der Waals surface area contributed by atoms with Crippen LogP contribution in [0.25, 0.3) is 0 Å². The van der Waals surface area contributed by atoms with E-state index in [1.807, 2.05) is 5.01 Å². The van der Waals surface area contributed by atoms with E-state index in [2.05, 4.69) is 10.6 Å². The van der Waals surface area contributed by atoms with E-state index in [0.29, 0.717) is 29.4 Å². The Bertz CT molecular complexity index is 1410. The van der Waals surface area contributed by atoms with Crippen molar-refractivity contribution in [2.45, 2.75) is 25.8 Å². The first kappa shape index (κ1) is 28.0. The highest BCUT2D eigenvalue weighted by Gasteiger charge is 2.33. The van der Waals surface area contributed by atoms with Gasteiger partial charge >= 0.3 is 12.0 Å². The van der Waals surface area contributed by atoms with Crippen LogP contribution in [0.3, 0.4) is 0 Å². The predicted octanol–water partition coefficient (Wildman–Crippen LogP) is 4.14. The average Bonchev–Trinajstić information content (AvgIpc) is 3.37. The number of phenolic OH excluding ortho intramolecular Hbond substituents is 1. The van der Waals surface area contributed by atoms with Crippen LogP contribution in [-0.2, 0) is 4.79 Å². The topological polar surface area (TPSA) is 167 Å². The maximum absolute atomic E-state index is 12.8. The molecule has 0 aromatic heterocycles. The molecule has 1 atom stereocenters. The van der Waals surface area contributed by atoms with E-state index >= 15 is 0 Å². The molecule has 40 heavy (non-hydrogen) atoms. The minimum Gasteiger partial charge on any atom is -0.506 e. The number of benzene rings is 3. The van der Waals surface area contributed by atoms with Crippen LogP contribution in [0.4, 0.5) is 27.5 Å². The number of urea groups is 1. The summed E-state index contributed by atoms with van der Waals surface area (Å²) in [5, 5.41) is 27.8. The molecule has 3 amide bonds. The van der Waals surface area contributed by atoms with Crippen molar-refractivity contribution >= 4 is 40.7 Å². The number of nitrogen functional groups attached to an aromatic ring is 1. The number of carbonyl (C=O) groups excluding carboxylic acids is 2. The molecule has 1 aliphatic rings. The summed E-state index contributed by atoms with van der Waals surface area (Å²) in [6.45, 7) is 2.28. The number of ether oxygens (including phenoxy) is 2. The number of anilines is 4. The maximum Gasteiger partial charge on any atom is 0.335 e. The van der Waals surface area contributed by atoms with Crippen LogP contribution < -0.4 is 30.8 Å². The summed E-state index contributed by atoms with van der Waals surface area (Å²) in [5.41, 5.74) is 7.41. The molecule has 0 aliphatic carbocycles. The zero-order chi connectivity index (χ0) is 28.8. The number of hydrogen-bond acceptors (Lipinski definition) is 8. The van der Waals surface area contributed by atoms with E-state index in [4.69, 9.17) is 20.3 Å². The van der Waals surface area contributed by atoms with Gasteiger partial charge in [0.1, 0.15) is 23.9 Å². The summed E-state index contributed by atoms with van der Waals surface area (Å²) < 4.78 is 11.4. The molecule has 6 N–H and O–H groups in total. The van der Waals surface area contributed by atoms with Gasteiger partial charge in [0.25, 0.3) is 0 Å². The normalized spacial score (nSPS) is 14.8. The van der Waals surface area contributed by atoms with E-state index in [1.54, 1.807) is 41.4 Å². The highest BCUT2D eigenvalue weighted by atomic mass is 16.5. The lowest BCUT2D eigenvalue weighted by Crippen LogP contribution is -2.50. The smallest absolute Gasteiger partial charge is 0.335 e. The number of nitrogens with two attached hydrogens (primary N) is 1. The summed E-state index contributed by atoms with van der Waals surface area (Å²) in [5.74, 6) is -0.677. The van der Waals surface area contributed by atoms with Crippen molar-refractivity contribution in [2.75, 3.05) is 41.6 Å². The van der Waals surface area contributed by atoms with Crippen molar-refractivity contribution in [3.8, 4) is 17.2 Å². The summed E-state index contributed by atoms with van der Waals surface area (Å²) in [6.07, 6.45) is 1.59. The van der Waals surface area contributed by atoms with E-state index in [-0.39, 0.29) is 41.2 Å². The number of amides is 3. The minimum absolute atomic E-state index is 0.0673. The van der Waals surface area contributed by atoms with Crippen LogP contribution in [-0.4, -0.2) is 59.4 Å². The summed E-state index contributed by atoms with van der Waals surface area (Å²) >= 11 is 0. The molecule has 3 aromatic carbocycles. The Hall–Kier alpha value is -4.97. The number of carbonyl (C=O) groups is 3. The standard InChI is InChI=1S/C28H31N5O7/c1-17(34)33(32-13-5-6-20(32)16-40-25-12-9-18(27(36)37)14-21(25)29)19-10-11-23(26(15-19)39-2)31-28(38)30-22-7-3-4-8-24(22)35/h3-4,7-12,14-15,20,35H,5-6,13,16,29H2,1-2H3,(H,36,37)(H2,30,31,38). The number of aromatic hydroxyl groups is 1. The zero-order valence-electron chi connectivity index (χ0n) is 22.1. The number of para-hydroxylation sites is 2. The first-order valence-corrected chi connectivity index (χ1v) is 12.5. The molecule has 12 heteroatoms. The second-order valence-corrected chi connectivity index (χ2v) is 9.14. The fourth-order valence-corrected chi connectivity index (χ4v) is 4.53. The Morgan fingerprint density at radius 2 is 1.80 bits per heavy atom. The second kappa shape index (κ2) is 12.3. The molecular formula is C28H31N5O7. The van der Waals surface area contributed by atoms with Crippen LogP contribution in [0.1, 0.15) is 30.1 Å². The SMILES string of the molecule is COc1cc(N(C(C)=O)N2CCCC2COc2ccc(C(=O)O)cc2N)ccc1NC(=O)Nc1ccccc1O. The monoisotopic (exact) mass is 549 g/mol. The number of methoxy groups -OCH3 is 1. The Morgan fingerprint density at radius 1 is 1.05 bits per heavy atom. The molecule has 0 bridgehead atoms. The fraction of sp³-hybridized carbons (Fsp3) is 0.250. The van der Waals surface area contributed by atoms with Crippen LogP contribution in [0.5, 0.6) is 17.2 Å². The van der Waals surface area contributed by atoms with Crippen molar-refractivity contribution in [1.82, 2.24) is 5.01 Å². The summed E-state index contributed by atoms with van der Waals surface area (Å²) in [6, 6.07) is 14.9. The van der Waals surface area contributed by atoms with Crippen molar-refractivity contribution in [3.05, 3.63) is 66.2 Å². The van der Waals surface area contributed by atoms with Gasteiger partial charge in [-0.2, -0.15) is 0 Å². The molecular weight excluding hydrogens is 518 g/mol. The molecule has 0 radical (unpaired) electrons. The number of hydrazine groups is 1. The third kappa shape index (κ3) is 6.35. The van der Waals surface area contributed by atoms with Gasteiger partial charge in [-0.3, -0.25) is 4.79 Å². The lowest BCUT2D eigenvalue weighted by atomic mass is 10.2. The van der Waals surface area contributed by atoms with Gasteiger partial charge < -0.3 is 36.1 Å². The lowest BCUT2D eigenvalue weighted by molar-refractivity contribution is -0.120. The maximum atomic E-state index is 12.8. The van der Waals surface area contributed by atoms with Gasteiger partial charge in [0.05, 0.1) is 41.5 Å². The van der Waals surface area contributed by atoms with Gasteiger partial charge in [-0.05, 0) is 55.3 Å². The number of rotatable bonds is 9. The van der Waals surface area contributed by atoms with Crippen LogP contribution in [0, 0.1) is 0 Å².